The maximum Gasteiger partial charge on any atom is 0.191 e. The van der Waals surface area contributed by atoms with Crippen LogP contribution in [-0.2, 0) is 13.2 Å². The summed E-state index contributed by atoms with van der Waals surface area (Å²) in [5.41, 5.74) is 0.729. The lowest BCUT2D eigenvalue weighted by Crippen LogP contribution is -2.09. The highest BCUT2D eigenvalue weighted by Crippen LogP contribution is 2.23. The first-order chi connectivity index (χ1) is 16.6. The molecule has 0 atom stereocenters. The largest absolute Gasteiger partial charge is 0.497 e. The van der Waals surface area contributed by atoms with E-state index in [1.54, 1.807) is 25.1 Å². The molecule has 0 aliphatic carbocycles. The smallest absolute Gasteiger partial charge is 0.191 e. The molecule has 34 heavy (non-hydrogen) atoms. The van der Waals surface area contributed by atoms with Crippen molar-refractivity contribution >= 4 is 33.5 Å². The van der Waals surface area contributed by atoms with Crippen LogP contribution >= 0.6 is 27.7 Å². The Kier molecular flexibility index (Phi) is 8.43. The monoisotopic (exact) mass is 541 g/mol. The summed E-state index contributed by atoms with van der Waals surface area (Å²) in [6, 6.07) is 18.6. The van der Waals surface area contributed by atoms with E-state index in [1.165, 1.54) is 0 Å². The summed E-state index contributed by atoms with van der Waals surface area (Å²) in [5, 5.41) is 9.47. The zero-order valence-electron chi connectivity index (χ0n) is 18.6. The van der Waals surface area contributed by atoms with Gasteiger partial charge in [0.25, 0.3) is 0 Å². The quantitative estimate of drug-likeness (QED) is 0.123. The molecule has 2 aromatic heterocycles. The summed E-state index contributed by atoms with van der Waals surface area (Å²) in [5.74, 6) is 3.87. The second-order valence-electron chi connectivity index (χ2n) is 7.41. The number of methoxy groups -OCH3 is 1. The summed E-state index contributed by atoms with van der Waals surface area (Å²) < 4.78 is 19.6. The molecule has 7 nitrogen and oxygen atoms in total. The first-order valence-corrected chi connectivity index (χ1v) is 12.5. The normalized spacial score (nSPS) is 10.9. The van der Waals surface area contributed by atoms with Crippen molar-refractivity contribution in [3.8, 4) is 11.5 Å². The van der Waals surface area contributed by atoms with Crippen molar-refractivity contribution in [2.75, 3.05) is 12.9 Å². The Morgan fingerprint density at radius 3 is 2.53 bits per heavy atom. The number of carbonyl (C=O) groups is 1. The number of ketones is 1. The van der Waals surface area contributed by atoms with E-state index in [2.05, 4.69) is 26.1 Å². The maximum atomic E-state index is 12.4. The van der Waals surface area contributed by atoms with E-state index in [0.29, 0.717) is 24.5 Å². The highest BCUT2D eigenvalue weighted by atomic mass is 79.9. The minimum absolute atomic E-state index is 0.138. The molecule has 0 amide bonds. The molecule has 0 aliphatic heterocycles. The number of thioether (sulfide) groups is 1. The third-order valence-corrected chi connectivity index (χ3v) is 6.64. The van der Waals surface area contributed by atoms with Gasteiger partial charge in [0, 0.05) is 22.2 Å². The fourth-order valence-electron chi connectivity index (χ4n) is 3.25. The van der Waals surface area contributed by atoms with E-state index >= 15 is 0 Å². The van der Waals surface area contributed by atoms with Gasteiger partial charge >= 0.3 is 0 Å². The molecular weight excluding hydrogens is 518 g/mol. The molecule has 0 spiro atoms. The van der Waals surface area contributed by atoms with Crippen molar-refractivity contribution in [3.63, 3.8) is 0 Å². The van der Waals surface area contributed by atoms with Crippen molar-refractivity contribution < 1.29 is 18.7 Å². The van der Waals surface area contributed by atoms with Crippen LogP contribution in [0.4, 0.5) is 0 Å². The summed E-state index contributed by atoms with van der Waals surface area (Å²) in [6.07, 6.45) is 2.87. The van der Waals surface area contributed by atoms with Gasteiger partial charge in [0.15, 0.2) is 16.8 Å². The van der Waals surface area contributed by atoms with Crippen molar-refractivity contribution in [3.05, 3.63) is 88.5 Å². The molecule has 0 fully saturated rings. The van der Waals surface area contributed by atoms with Crippen LogP contribution in [0, 0.1) is 0 Å². The van der Waals surface area contributed by atoms with Crippen LogP contribution in [0.3, 0.4) is 0 Å². The number of ether oxygens (including phenoxy) is 2. The Morgan fingerprint density at radius 2 is 1.82 bits per heavy atom. The Morgan fingerprint density at radius 1 is 1.06 bits per heavy atom. The van der Waals surface area contributed by atoms with Crippen LogP contribution < -0.4 is 9.47 Å². The zero-order valence-corrected chi connectivity index (χ0v) is 21.0. The molecule has 4 rings (SSSR count). The number of nitrogens with zero attached hydrogens (tertiary/aromatic N) is 3. The lowest BCUT2D eigenvalue weighted by atomic mass is 10.1. The number of hydrogen-bond donors (Lipinski definition) is 0. The molecule has 0 aliphatic rings. The molecule has 176 valence electrons. The predicted molar refractivity (Wildman–Crippen MR) is 134 cm³/mol. The van der Waals surface area contributed by atoms with Crippen molar-refractivity contribution in [2.45, 2.75) is 31.1 Å². The molecule has 2 aromatic carbocycles. The second-order valence-corrected chi connectivity index (χ2v) is 9.39. The van der Waals surface area contributed by atoms with Crippen LogP contribution in [0.2, 0.25) is 0 Å². The van der Waals surface area contributed by atoms with Crippen molar-refractivity contribution in [1.29, 1.82) is 0 Å². The number of rotatable bonds is 12. The summed E-state index contributed by atoms with van der Waals surface area (Å²) in [6.45, 7) is 0.768. The van der Waals surface area contributed by atoms with Crippen molar-refractivity contribution in [1.82, 2.24) is 14.8 Å². The molecule has 0 unspecified atom stereocenters. The van der Waals surface area contributed by atoms with Gasteiger partial charge in [-0.1, -0.05) is 39.8 Å². The average molecular weight is 542 g/mol. The van der Waals surface area contributed by atoms with E-state index in [1.807, 2.05) is 65.2 Å². The van der Waals surface area contributed by atoms with Crippen molar-refractivity contribution in [2.24, 2.45) is 0 Å². The highest BCUT2D eigenvalue weighted by Gasteiger charge is 2.15. The molecule has 2 heterocycles. The summed E-state index contributed by atoms with van der Waals surface area (Å²) in [4.78, 5) is 12.4. The average Bonchev–Trinajstić information content (AvgIpc) is 3.51. The summed E-state index contributed by atoms with van der Waals surface area (Å²) >= 11 is 4.97. The molecule has 4 aromatic rings. The van der Waals surface area contributed by atoms with E-state index in [-0.39, 0.29) is 12.4 Å². The van der Waals surface area contributed by atoms with E-state index in [9.17, 15) is 4.79 Å². The van der Waals surface area contributed by atoms with Crippen LogP contribution in [0.25, 0.3) is 0 Å². The minimum Gasteiger partial charge on any atom is -0.497 e. The van der Waals surface area contributed by atoms with Gasteiger partial charge < -0.3 is 13.9 Å². The zero-order chi connectivity index (χ0) is 23.8. The van der Waals surface area contributed by atoms with Gasteiger partial charge in [0.1, 0.15) is 23.9 Å². The first kappa shape index (κ1) is 24.1. The van der Waals surface area contributed by atoms with E-state index in [0.717, 1.165) is 38.9 Å². The lowest BCUT2D eigenvalue weighted by Gasteiger charge is -2.10. The molecule has 0 bridgehead atoms. The number of halogens is 1. The van der Waals surface area contributed by atoms with Gasteiger partial charge in [-0.25, -0.2) is 0 Å². The third-order valence-electron chi connectivity index (χ3n) is 5.06. The van der Waals surface area contributed by atoms with Gasteiger partial charge in [0.05, 0.1) is 19.9 Å². The van der Waals surface area contributed by atoms with Crippen LogP contribution in [-0.4, -0.2) is 33.4 Å². The van der Waals surface area contributed by atoms with Crippen LogP contribution in [0.5, 0.6) is 11.5 Å². The second kappa shape index (κ2) is 11.9. The predicted octanol–water partition coefficient (Wildman–Crippen LogP) is 6.02. The Bertz CT molecular complexity index is 1190. The van der Waals surface area contributed by atoms with Gasteiger partial charge in [-0.2, -0.15) is 0 Å². The highest BCUT2D eigenvalue weighted by molar-refractivity contribution is 9.10. The molecule has 0 saturated carbocycles. The molecular formula is C25H24BrN3O4S. The minimum atomic E-state index is 0.138. The standard InChI is InChI=1S/C25H24BrN3O4S/c1-31-20-10-12-21(13-11-20)33-17-24-27-28-25(29(24)16-22-4-2-14-32-22)34-15-3-5-23(30)18-6-8-19(26)9-7-18/h2,4,6-14H,3,5,15-17H2,1H3. The maximum absolute atomic E-state index is 12.4. The topological polar surface area (TPSA) is 79.4 Å². The Balaban J connectivity index is 1.37. The van der Waals surface area contributed by atoms with E-state index in [4.69, 9.17) is 13.9 Å². The first-order valence-electron chi connectivity index (χ1n) is 10.8. The van der Waals surface area contributed by atoms with Gasteiger partial charge in [-0.05, 0) is 55.0 Å². The fourth-order valence-corrected chi connectivity index (χ4v) is 4.41. The van der Waals surface area contributed by atoms with Gasteiger partial charge in [0.2, 0.25) is 0 Å². The molecule has 0 saturated heterocycles. The number of carbonyl (C=O) groups excluding carboxylic acids is 1. The van der Waals surface area contributed by atoms with Crippen LogP contribution in [0.1, 0.15) is 34.8 Å². The Labute approximate surface area is 210 Å². The van der Waals surface area contributed by atoms with Crippen LogP contribution in [0.15, 0.2) is 81.0 Å². The summed E-state index contributed by atoms with van der Waals surface area (Å²) in [7, 11) is 1.63. The number of hydrogen-bond acceptors (Lipinski definition) is 7. The third kappa shape index (κ3) is 6.51. The number of furan rings is 1. The van der Waals surface area contributed by atoms with E-state index < -0.39 is 0 Å². The number of benzene rings is 2. The molecule has 0 radical (unpaired) electrons. The fraction of sp³-hybridized carbons (Fsp3) is 0.240. The number of aromatic nitrogens is 3. The SMILES string of the molecule is COc1ccc(OCc2nnc(SCCCC(=O)c3ccc(Br)cc3)n2Cc2ccco2)cc1. The molecule has 9 heteroatoms. The Hall–Kier alpha value is -3.04. The van der Waals surface area contributed by atoms with Gasteiger partial charge in [-0.3, -0.25) is 9.36 Å². The lowest BCUT2D eigenvalue weighted by molar-refractivity contribution is 0.0982. The molecule has 0 N–H and O–H groups in total. The number of Topliss-reactive ketones (excluding diaryl/α,β-unsaturated/α-hetero) is 1. The van der Waals surface area contributed by atoms with Gasteiger partial charge in [-0.15, -0.1) is 10.2 Å².